The van der Waals surface area contributed by atoms with E-state index in [1.165, 1.54) is 0 Å². The van der Waals surface area contributed by atoms with Crippen LogP contribution >= 0.6 is 0 Å². The molecule has 1 aliphatic carbocycles. The van der Waals surface area contributed by atoms with E-state index < -0.39 is 11.3 Å². The first kappa shape index (κ1) is 11.0. The average molecular weight is 222 g/mol. The fourth-order valence-corrected chi connectivity index (χ4v) is 2.30. The SMILES string of the molecule is N#Cc1ccc(C2(CN)CC(F)(F)C2)cc1. The van der Waals surface area contributed by atoms with Crippen molar-refractivity contribution < 1.29 is 8.78 Å². The summed E-state index contributed by atoms with van der Waals surface area (Å²) in [5, 5.41) is 8.65. The minimum Gasteiger partial charge on any atom is -0.330 e. The van der Waals surface area contributed by atoms with Gasteiger partial charge < -0.3 is 5.73 Å². The molecule has 84 valence electrons. The molecule has 4 heteroatoms. The van der Waals surface area contributed by atoms with E-state index in [0.717, 1.165) is 5.56 Å². The van der Waals surface area contributed by atoms with E-state index in [2.05, 4.69) is 0 Å². The highest BCUT2D eigenvalue weighted by Crippen LogP contribution is 2.52. The maximum atomic E-state index is 12.9. The first-order valence-corrected chi connectivity index (χ1v) is 5.10. The summed E-state index contributed by atoms with van der Waals surface area (Å²) in [6.07, 6.45) is -0.384. The first-order valence-electron chi connectivity index (χ1n) is 5.10. The zero-order valence-corrected chi connectivity index (χ0v) is 8.71. The second kappa shape index (κ2) is 3.53. The van der Waals surface area contributed by atoms with Crippen LogP contribution in [0, 0.1) is 11.3 Å². The minimum absolute atomic E-state index is 0.192. The Balaban J connectivity index is 2.26. The van der Waals surface area contributed by atoms with Crippen molar-refractivity contribution in [3.05, 3.63) is 35.4 Å². The first-order chi connectivity index (χ1) is 7.51. The summed E-state index contributed by atoms with van der Waals surface area (Å²) < 4.78 is 25.9. The predicted octanol–water partition coefficient (Wildman–Crippen LogP) is 2.18. The van der Waals surface area contributed by atoms with Crippen LogP contribution in [0.3, 0.4) is 0 Å². The average Bonchev–Trinajstić information content (AvgIpc) is 2.25. The van der Waals surface area contributed by atoms with E-state index in [0.29, 0.717) is 5.56 Å². The second-order valence-electron chi connectivity index (χ2n) is 4.38. The van der Waals surface area contributed by atoms with Gasteiger partial charge in [-0.05, 0) is 17.7 Å². The maximum Gasteiger partial charge on any atom is 0.250 e. The summed E-state index contributed by atoms with van der Waals surface area (Å²) in [6.45, 7) is 0.217. The van der Waals surface area contributed by atoms with Gasteiger partial charge in [0.1, 0.15) is 0 Å². The number of halogens is 2. The molecule has 1 aliphatic rings. The Morgan fingerprint density at radius 1 is 1.25 bits per heavy atom. The van der Waals surface area contributed by atoms with Gasteiger partial charge in [-0.15, -0.1) is 0 Å². The lowest BCUT2D eigenvalue weighted by molar-refractivity contribution is -0.123. The van der Waals surface area contributed by atoms with E-state index in [1.54, 1.807) is 24.3 Å². The summed E-state index contributed by atoms with van der Waals surface area (Å²) >= 11 is 0. The fraction of sp³-hybridized carbons (Fsp3) is 0.417. The Morgan fingerprint density at radius 3 is 2.19 bits per heavy atom. The Bertz CT molecular complexity index is 423. The van der Waals surface area contributed by atoms with Gasteiger partial charge in [0.2, 0.25) is 5.92 Å². The van der Waals surface area contributed by atoms with E-state index in [4.69, 9.17) is 11.0 Å². The van der Waals surface area contributed by atoms with Gasteiger partial charge in [-0.25, -0.2) is 8.78 Å². The summed E-state index contributed by atoms with van der Waals surface area (Å²) in [5.41, 5.74) is 6.33. The molecule has 16 heavy (non-hydrogen) atoms. The van der Waals surface area contributed by atoms with Crippen LogP contribution in [0.15, 0.2) is 24.3 Å². The topological polar surface area (TPSA) is 49.8 Å². The molecule has 0 saturated heterocycles. The van der Waals surface area contributed by atoms with E-state index in [9.17, 15) is 8.78 Å². The van der Waals surface area contributed by atoms with Crippen LogP contribution < -0.4 is 5.73 Å². The molecule has 0 spiro atoms. The Kier molecular flexibility index (Phi) is 2.43. The molecule has 0 heterocycles. The lowest BCUT2D eigenvalue weighted by atomic mass is 9.62. The van der Waals surface area contributed by atoms with E-state index in [1.807, 2.05) is 6.07 Å². The molecule has 0 aromatic heterocycles. The maximum absolute atomic E-state index is 12.9. The second-order valence-corrected chi connectivity index (χ2v) is 4.38. The van der Waals surface area contributed by atoms with Crippen molar-refractivity contribution in [2.75, 3.05) is 6.54 Å². The van der Waals surface area contributed by atoms with Crippen molar-refractivity contribution in [1.29, 1.82) is 5.26 Å². The molecule has 2 nitrogen and oxygen atoms in total. The molecule has 0 aliphatic heterocycles. The molecular weight excluding hydrogens is 210 g/mol. The summed E-state index contributed by atoms with van der Waals surface area (Å²) in [4.78, 5) is 0. The zero-order valence-electron chi connectivity index (χ0n) is 8.71. The third kappa shape index (κ3) is 1.68. The van der Waals surface area contributed by atoms with Gasteiger partial charge in [0.25, 0.3) is 0 Å². The Hall–Kier alpha value is -1.47. The standard InChI is InChI=1S/C12H12F2N2/c13-12(14)6-11(7-12,8-16)10-3-1-9(5-15)2-4-10/h1-4H,6-8,16H2. The lowest BCUT2D eigenvalue weighted by Gasteiger charge is -2.47. The number of alkyl halides is 2. The molecule has 0 bridgehead atoms. The van der Waals surface area contributed by atoms with Crippen LogP contribution in [0.2, 0.25) is 0 Å². The highest BCUT2D eigenvalue weighted by Gasteiger charge is 2.56. The number of hydrogen-bond acceptors (Lipinski definition) is 2. The summed E-state index contributed by atoms with van der Waals surface area (Å²) in [7, 11) is 0. The number of benzene rings is 1. The van der Waals surface area contributed by atoms with E-state index >= 15 is 0 Å². The van der Waals surface area contributed by atoms with Crippen LogP contribution in [0.4, 0.5) is 8.78 Å². The van der Waals surface area contributed by atoms with E-state index in [-0.39, 0.29) is 19.4 Å². The smallest absolute Gasteiger partial charge is 0.250 e. The van der Waals surface area contributed by atoms with Crippen molar-refractivity contribution >= 4 is 0 Å². The highest BCUT2D eigenvalue weighted by atomic mass is 19.3. The van der Waals surface area contributed by atoms with Gasteiger partial charge in [-0.1, -0.05) is 12.1 Å². The van der Waals surface area contributed by atoms with Crippen LogP contribution in [-0.4, -0.2) is 12.5 Å². The predicted molar refractivity (Wildman–Crippen MR) is 56.1 cm³/mol. The van der Waals surface area contributed by atoms with Crippen LogP contribution in [0.5, 0.6) is 0 Å². The van der Waals surface area contributed by atoms with Gasteiger partial charge in [-0.2, -0.15) is 5.26 Å². The number of nitrogens with zero attached hydrogens (tertiary/aromatic N) is 1. The van der Waals surface area contributed by atoms with Crippen molar-refractivity contribution in [1.82, 2.24) is 0 Å². The highest BCUT2D eigenvalue weighted by molar-refractivity contribution is 5.37. The molecule has 0 atom stereocenters. The van der Waals surface area contributed by atoms with Crippen LogP contribution in [-0.2, 0) is 5.41 Å². The number of rotatable bonds is 2. The lowest BCUT2D eigenvalue weighted by Crippen LogP contribution is -2.53. The largest absolute Gasteiger partial charge is 0.330 e. The van der Waals surface area contributed by atoms with Crippen molar-refractivity contribution in [3.63, 3.8) is 0 Å². The summed E-state index contributed by atoms with van der Waals surface area (Å²) in [6, 6.07) is 8.73. The molecule has 1 saturated carbocycles. The molecule has 0 amide bonds. The molecule has 1 fully saturated rings. The Labute approximate surface area is 92.7 Å². The van der Waals surface area contributed by atoms with Crippen molar-refractivity contribution in [2.45, 2.75) is 24.2 Å². The quantitative estimate of drug-likeness (QED) is 0.833. The van der Waals surface area contributed by atoms with Gasteiger partial charge in [0, 0.05) is 24.8 Å². The monoisotopic (exact) mass is 222 g/mol. The van der Waals surface area contributed by atoms with Crippen LogP contribution in [0.1, 0.15) is 24.0 Å². The number of hydrogen-bond donors (Lipinski definition) is 1. The zero-order chi connectivity index (χ0) is 11.8. The molecule has 0 unspecified atom stereocenters. The minimum atomic E-state index is -2.59. The number of nitrogens with two attached hydrogens (primary N) is 1. The molecule has 1 aromatic rings. The Morgan fingerprint density at radius 2 is 1.81 bits per heavy atom. The molecular formula is C12H12F2N2. The summed E-state index contributed by atoms with van der Waals surface area (Å²) in [5.74, 6) is -2.59. The van der Waals surface area contributed by atoms with Gasteiger partial charge in [-0.3, -0.25) is 0 Å². The molecule has 2 N–H and O–H groups in total. The normalized spacial score (nSPS) is 20.9. The van der Waals surface area contributed by atoms with Crippen molar-refractivity contribution in [2.24, 2.45) is 5.73 Å². The van der Waals surface area contributed by atoms with Crippen LogP contribution in [0.25, 0.3) is 0 Å². The third-order valence-corrected chi connectivity index (χ3v) is 3.21. The number of nitriles is 1. The fourth-order valence-electron chi connectivity index (χ4n) is 2.30. The van der Waals surface area contributed by atoms with Gasteiger partial charge >= 0.3 is 0 Å². The molecule has 1 aromatic carbocycles. The van der Waals surface area contributed by atoms with Gasteiger partial charge in [0.05, 0.1) is 11.6 Å². The molecule has 2 rings (SSSR count). The third-order valence-electron chi connectivity index (χ3n) is 3.21. The van der Waals surface area contributed by atoms with Crippen molar-refractivity contribution in [3.8, 4) is 6.07 Å². The van der Waals surface area contributed by atoms with Gasteiger partial charge in [0.15, 0.2) is 0 Å². The molecule has 0 radical (unpaired) electrons.